The number of hydrogen-bond acceptors (Lipinski definition) is 1. The lowest BCUT2D eigenvalue weighted by molar-refractivity contribution is 0.626. The number of nitrogens with zero attached hydrogens (tertiary/aromatic N) is 1. The van der Waals surface area contributed by atoms with E-state index in [1.54, 1.807) is 0 Å². The highest BCUT2D eigenvalue weighted by molar-refractivity contribution is 5.94. The molecule has 1 heteroatoms. The van der Waals surface area contributed by atoms with Gasteiger partial charge < -0.3 is 4.90 Å². The van der Waals surface area contributed by atoms with E-state index in [2.05, 4.69) is 280 Å². The van der Waals surface area contributed by atoms with E-state index in [1.165, 1.54) is 111 Å². The molecule has 0 N–H and O–H groups in total. The van der Waals surface area contributed by atoms with Crippen molar-refractivity contribution < 1.29 is 0 Å². The number of anilines is 3. The van der Waals surface area contributed by atoms with Crippen molar-refractivity contribution in [3.63, 3.8) is 0 Å². The van der Waals surface area contributed by atoms with Crippen LogP contribution in [0.1, 0.15) is 53.6 Å². The number of rotatable bonds is 8. The Hall–Kier alpha value is -8.78. The van der Waals surface area contributed by atoms with E-state index in [-0.39, 0.29) is 10.8 Å². The molecule has 73 heavy (non-hydrogen) atoms. The van der Waals surface area contributed by atoms with Crippen LogP contribution in [-0.4, -0.2) is 0 Å². The standard InChI is InChI=1S/C72H53N/c1-71(2)67-29-14-11-25-62(67)65-27-16-26-64(70(65)71)60-23-10-9-22-59(60)52-37-41-55(42-38-52)73(56-43-44-63-61-24-12-15-30-68(61)72(69(63)47-56)46-45-53-19-6-13-28-66(53)72)54-39-35-49(36-40-54)48-31-33-51(34-32-48)58-21-8-7-20-57(58)50-17-4-3-5-18-50/h3-44,47H,45-46H2,1-2H3. The Kier molecular flexibility index (Phi) is 9.99. The van der Waals surface area contributed by atoms with Gasteiger partial charge in [-0.1, -0.05) is 238 Å². The number of benzene rings is 11. The maximum Gasteiger partial charge on any atom is 0.0470 e. The molecule has 0 fully saturated rings. The fourth-order valence-electron chi connectivity index (χ4n) is 13.2. The van der Waals surface area contributed by atoms with Crippen molar-refractivity contribution in [2.75, 3.05) is 4.90 Å². The van der Waals surface area contributed by atoms with E-state index < -0.39 is 0 Å². The average Bonchev–Trinajstić information content (AvgIpc) is 4.07. The van der Waals surface area contributed by atoms with Crippen LogP contribution >= 0.6 is 0 Å². The molecule has 0 radical (unpaired) electrons. The zero-order valence-electron chi connectivity index (χ0n) is 41.2. The van der Waals surface area contributed by atoms with Crippen molar-refractivity contribution in [2.24, 2.45) is 0 Å². The van der Waals surface area contributed by atoms with Crippen molar-refractivity contribution >= 4 is 17.1 Å². The third-order valence-electron chi connectivity index (χ3n) is 16.5. The number of aryl methyl sites for hydroxylation is 1. The lowest BCUT2D eigenvalue weighted by Gasteiger charge is -2.31. The van der Waals surface area contributed by atoms with Crippen molar-refractivity contribution in [3.05, 3.63) is 294 Å². The fourth-order valence-corrected chi connectivity index (χ4v) is 13.2. The lowest BCUT2D eigenvalue weighted by atomic mass is 9.73. The quantitative estimate of drug-likeness (QED) is 0.147. The Labute approximate surface area is 429 Å². The highest BCUT2D eigenvalue weighted by atomic mass is 15.1. The minimum Gasteiger partial charge on any atom is -0.310 e. The second kappa shape index (κ2) is 16.9. The normalized spacial score (nSPS) is 15.3. The van der Waals surface area contributed by atoms with E-state index in [0.29, 0.717) is 0 Å². The topological polar surface area (TPSA) is 3.24 Å². The molecule has 11 aromatic rings. The van der Waals surface area contributed by atoms with Gasteiger partial charge >= 0.3 is 0 Å². The van der Waals surface area contributed by atoms with Gasteiger partial charge in [0.05, 0.1) is 0 Å². The van der Waals surface area contributed by atoms with Gasteiger partial charge in [-0.15, -0.1) is 0 Å². The molecule has 14 rings (SSSR count). The maximum atomic E-state index is 2.51. The van der Waals surface area contributed by atoms with Gasteiger partial charge in [-0.2, -0.15) is 0 Å². The van der Waals surface area contributed by atoms with Crippen molar-refractivity contribution in [2.45, 2.75) is 37.5 Å². The number of hydrogen-bond donors (Lipinski definition) is 0. The lowest BCUT2D eigenvalue weighted by Crippen LogP contribution is -2.24. The van der Waals surface area contributed by atoms with Gasteiger partial charge in [0.1, 0.15) is 0 Å². The molecule has 1 nitrogen and oxygen atoms in total. The van der Waals surface area contributed by atoms with E-state index in [0.717, 1.165) is 29.9 Å². The highest BCUT2D eigenvalue weighted by Crippen LogP contribution is 2.59. The molecule has 1 unspecified atom stereocenters. The largest absolute Gasteiger partial charge is 0.310 e. The molecule has 1 spiro atoms. The summed E-state index contributed by atoms with van der Waals surface area (Å²) >= 11 is 0. The van der Waals surface area contributed by atoms with Crippen LogP contribution in [0.4, 0.5) is 17.1 Å². The Bertz CT molecular complexity index is 3920. The molecule has 0 bridgehead atoms. The van der Waals surface area contributed by atoms with E-state index in [4.69, 9.17) is 0 Å². The SMILES string of the molecule is CC1(C)c2ccccc2-c2cccc(-c3ccccc3-c3ccc(N(c4ccc(-c5ccc(-c6ccccc6-c6ccccc6)cc5)cc4)c4ccc5c(c4)C4(CCc6ccccc64)c4ccccc4-5)cc3)c21. The van der Waals surface area contributed by atoms with Crippen LogP contribution in [0.5, 0.6) is 0 Å². The fraction of sp³-hybridized carbons (Fsp3) is 0.0833. The van der Waals surface area contributed by atoms with Gasteiger partial charge in [0.2, 0.25) is 0 Å². The monoisotopic (exact) mass is 931 g/mol. The third-order valence-corrected chi connectivity index (χ3v) is 16.5. The summed E-state index contributed by atoms with van der Waals surface area (Å²) in [6.45, 7) is 4.77. The van der Waals surface area contributed by atoms with Gasteiger partial charge in [-0.25, -0.2) is 0 Å². The first-order valence-corrected chi connectivity index (χ1v) is 25.9. The van der Waals surface area contributed by atoms with Crippen molar-refractivity contribution in [3.8, 4) is 77.9 Å². The summed E-state index contributed by atoms with van der Waals surface area (Å²) in [7, 11) is 0. The molecule has 1 atom stereocenters. The minimum atomic E-state index is -0.192. The zero-order valence-corrected chi connectivity index (χ0v) is 41.2. The minimum absolute atomic E-state index is 0.121. The summed E-state index contributed by atoms with van der Waals surface area (Å²) in [5.41, 5.74) is 29.2. The van der Waals surface area contributed by atoms with Crippen LogP contribution in [0.25, 0.3) is 77.9 Å². The maximum absolute atomic E-state index is 2.51. The first kappa shape index (κ1) is 43.0. The summed E-state index contributed by atoms with van der Waals surface area (Å²) in [6, 6.07) is 97.2. The molecule has 11 aromatic carbocycles. The van der Waals surface area contributed by atoms with Crippen molar-refractivity contribution in [1.29, 1.82) is 0 Å². The second-order valence-corrected chi connectivity index (χ2v) is 20.7. The summed E-state index contributed by atoms with van der Waals surface area (Å²) in [4.78, 5) is 2.46. The van der Waals surface area contributed by atoms with Crippen LogP contribution in [0.15, 0.2) is 261 Å². The summed E-state index contributed by atoms with van der Waals surface area (Å²) in [5.74, 6) is 0. The van der Waals surface area contributed by atoms with Gasteiger partial charge in [0, 0.05) is 27.9 Å². The molecule has 0 aliphatic heterocycles. The predicted octanol–water partition coefficient (Wildman–Crippen LogP) is 19.1. The number of fused-ring (bicyclic) bond motifs is 10. The van der Waals surface area contributed by atoms with Crippen LogP contribution < -0.4 is 4.90 Å². The Morgan fingerprint density at radius 2 is 0.699 bits per heavy atom. The average molecular weight is 932 g/mol. The molecule has 3 aliphatic rings. The zero-order chi connectivity index (χ0) is 48.7. The smallest absolute Gasteiger partial charge is 0.0470 e. The van der Waals surface area contributed by atoms with Gasteiger partial charge in [-0.3, -0.25) is 0 Å². The molecular formula is C72H53N. The van der Waals surface area contributed by atoms with E-state index in [9.17, 15) is 0 Å². The van der Waals surface area contributed by atoms with Gasteiger partial charge in [-0.05, 0) is 161 Å². The molecule has 0 aromatic heterocycles. The molecule has 0 saturated heterocycles. The van der Waals surface area contributed by atoms with Crippen LogP contribution in [-0.2, 0) is 17.3 Å². The first-order chi connectivity index (χ1) is 36.0. The van der Waals surface area contributed by atoms with E-state index >= 15 is 0 Å². The third kappa shape index (κ3) is 6.76. The summed E-state index contributed by atoms with van der Waals surface area (Å²) in [5, 5.41) is 0. The molecule has 346 valence electrons. The molecule has 3 aliphatic carbocycles. The van der Waals surface area contributed by atoms with Crippen LogP contribution in [0.3, 0.4) is 0 Å². The van der Waals surface area contributed by atoms with Gasteiger partial charge in [0.25, 0.3) is 0 Å². The Balaban J connectivity index is 0.865. The molecule has 0 heterocycles. The summed E-state index contributed by atoms with van der Waals surface area (Å²) in [6.07, 6.45) is 2.13. The highest BCUT2D eigenvalue weighted by Gasteiger charge is 2.48. The predicted molar refractivity (Wildman–Crippen MR) is 306 cm³/mol. The van der Waals surface area contributed by atoms with Crippen LogP contribution in [0, 0.1) is 0 Å². The molecule has 0 amide bonds. The second-order valence-electron chi connectivity index (χ2n) is 20.7. The molecule has 0 saturated carbocycles. The van der Waals surface area contributed by atoms with Gasteiger partial charge in [0.15, 0.2) is 0 Å². The van der Waals surface area contributed by atoms with Crippen LogP contribution in [0.2, 0.25) is 0 Å². The Morgan fingerprint density at radius 3 is 1.34 bits per heavy atom. The van der Waals surface area contributed by atoms with Crippen molar-refractivity contribution in [1.82, 2.24) is 0 Å². The first-order valence-electron chi connectivity index (χ1n) is 25.9. The Morgan fingerprint density at radius 1 is 0.288 bits per heavy atom. The van der Waals surface area contributed by atoms with E-state index in [1.807, 2.05) is 0 Å². The molecular weight excluding hydrogens is 879 g/mol. The summed E-state index contributed by atoms with van der Waals surface area (Å²) < 4.78 is 0.